The van der Waals surface area contributed by atoms with Gasteiger partial charge in [-0.1, -0.05) is 6.92 Å². The molecule has 0 aromatic carbocycles. The van der Waals surface area contributed by atoms with Crippen molar-refractivity contribution >= 4 is 0 Å². The summed E-state index contributed by atoms with van der Waals surface area (Å²) < 4.78 is 13.5. The molecule has 0 spiro atoms. The molecule has 21 heavy (non-hydrogen) atoms. The van der Waals surface area contributed by atoms with Gasteiger partial charge in [-0.15, -0.1) is 0 Å². The minimum absolute atomic E-state index is 0.433. The number of nitrogens with zero attached hydrogens (tertiary/aromatic N) is 2. The molecule has 0 radical (unpaired) electrons. The highest BCUT2D eigenvalue weighted by Gasteiger charge is 2.13. The molecule has 0 aliphatic rings. The molecule has 0 amide bonds. The average Bonchev–Trinajstić information content (AvgIpc) is 2.90. The lowest BCUT2D eigenvalue weighted by molar-refractivity contribution is 0.264. The maximum absolute atomic E-state index is 5.87. The topological polar surface area (TPSA) is 52.2 Å². The molecule has 0 saturated carbocycles. The Labute approximate surface area is 126 Å². The molecule has 0 aliphatic carbocycles. The van der Waals surface area contributed by atoms with E-state index in [2.05, 4.69) is 23.4 Å². The van der Waals surface area contributed by atoms with Gasteiger partial charge in [-0.3, -0.25) is 4.68 Å². The summed E-state index contributed by atoms with van der Waals surface area (Å²) in [5.41, 5.74) is 3.13. The highest BCUT2D eigenvalue weighted by molar-refractivity contribution is 5.32. The molecule has 2 heterocycles. The van der Waals surface area contributed by atoms with Crippen LogP contribution in [0.25, 0.3) is 0 Å². The first kappa shape index (κ1) is 15.6. The number of rotatable bonds is 7. The first-order valence-corrected chi connectivity index (χ1v) is 7.44. The molecule has 116 valence electrons. The van der Waals surface area contributed by atoms with Crippen molar-refractivity contribution in [2.24, 2.45) is 7.05 Å². The minimum Gasteiger partial charge on any atom is -0.482 e. The molecule has 0 atom stereocenters. The van der Waals surface area contributed by atoms with Crippen LogP contribution in [0.1, 0.15) is 41.8 Å². The van der Waals surface area contributed by atoms with Crippen LogP contribution in [0.2, 0.25) is 0 Å². The summed E-state index contributed by atoms with van der Waals surface area (Å²) in [6.07, 6.45) is 1.13. The van der Waals surface area contributed by atoms with Crippen molar-refractivity contribution in [2.45, 2.75) is 47.3 Å². The Hall–Kier alpha value is -1.75. The third-order valence-electron chi connectivity index (χ3n) is 3.62. The van der Waals surface area contributed by atoms with Gasteiger partial charge in [0.15, 0.2) is 5.75 Å². The lowest BCUT2D eigenvalue weighted by Crippen LogP contribution is -2.13. The van der Waals surface area contributed by atoms with Crippen LogP contribution in [0.4, 0.5) is 0 Å². The summed E-state index contributed by atoms with van der Waals surface area (Å²) >= 11 is 0. The Balaban J connectivity index is 1.99. The average molecular weight is 291 g/mol. The van der Waals surface area contributed by atoms with E-state index in [1.54, 1.807) is 0 Å². The second-order valence-corrected chi connectivity index (χ2v) is 5.38. The highest BCUT2D eigenvalue weighted by Crippen LogP contribution is 2.23. The second kappa shape index (κ2) is 6.80. The van der Waals surface area contributed by atoms with Crippen molar-refractivity contribution < 1.29 is 9.15 Å². The Bertz CT molecular complexity index is 599. The Morgan fingerprint density at radius 2 is 2.10 bits per heavy atom. The number of ether oxygens (including phenoxy) is 1. The molecule has 0 bridgehead atoms. The molecule has 2 aromatic heterocycles. The van der Waals surface area contributed by atoms with Crippen LogP contribution in [0.15, 0.2) is 10.5 Å². The van der Waals surface area contributed by atoms with Crippen LogP contribution in [0, 0.1) is 20.8 Å². The Morgan fingerprint density at radius 3 is 2.71 bits per heavy atom. The van der Waals surface area contributed by atoms with Crippen molar-refractivity contribution in [1.82, 2.24) is 15.1 Å². The van der Waals surface area contributed by atoms with Gasteiger partial charge in [-0.05, 0) is 39.8 Å². The first-order valence-electron chi connectivity index (χ1n) is 7.44. The van der Waals surface area contributed by atoms with E-state index in [4.69, 9.17) is 9.15 Å². The predicted molar refractivity (Wildman–Crippen MR) is 82.5 cm³/mol. The summed E-state index contributed by atoms with van der Waals surface area (Å²) in [5, 5.41) is 7.73. The SMILES string of the molecule is CCCNCc1cc(COc2c(C)nn(C)c2C)oc1C. The van der Waals surface area contributed by atoms with Gasteiger partial charge < -0.3 is 14.5 Å². The van der Waals surface area contributed by atoms with Crippen LogP contribution in [-0.4, -0.2) is 16.3 Å². The van der Waals surface area contributed by atoms with E-state index in [0.717, 1.165) is 48.2 Å². The molecule has 5 heteroatoms. The molecule has 0 fully saturated rings. The van der Waals surface area contributed by atoms with Crippen LogP contribution in [0.5, 0.6) is 5.75 Å². The number of aryl methyl sites for hydroxylation is 3. The summed E-state index contributed by atoms with van der Waals surface area (Å²) in [7, 11) is 1.92. The molecular weight excluding hydrogens is 266 g/mol. The molecule has 0 aliphatic heterocycles. The molecule has 5 nitrogen and oxygen atoms in total. The third-order valence-corrected chi connectivity index (χ3v) is 3.62. The van der Waals surface area contributed by atoms with Gasteiger partial charge in [-0.25, -0.2) is 0 Å². The van der Waals surface area contributed by atoms with Crippen molar-refractivity contribution in [3.8, 4) is 5.75 Å². The van der Waals surface area contributed by atoms with Crippen molar-refractivity contribution in [3.05, 3.63) is 34.5 Å². The largest absolute Gasteiger partial charge is 0.482 e. The van der Waals surface area contributed by atoms with E-state index in [0.29, 0.717) is 6.61 Å². The van der Waals surface area contributed by atoms with Crippen molar-refractivity contribution in [1.29, 1.82) is 0 Å². The number of hydrogen-bond donors (Lipinski definition) is 1. The quantitative estimate of drug-likeness (QED) is 0.797. The van der Waals surface area contributed by atoms with Gasteiger partial charge in [0.2, 0.25) is 0 Å². The van der Waals surface area contributed by atoms with Gasteiger partial charge in [0.1, 0.15) is 23.8 Å². The van der Waals surface area contributed by atoms with E-state index in [1.165, 1.54) is 5.56 Å². The van der Waals surface area contributed by atoms with Crippen LogP contribution in [0.3, 0.4) is 0 Å². The zero-order valence-electron chi connectivity index (χ0n) is 13.6. The maximum atomic E-state index is 5.87. The summed E-state index contributed by atoms with van der Waals surface area (Å²) in [6, 6.07) is 2.07. The van der Waals surface area contributed by atoms with Crippen molar-refractivity contribution in [2.75, 3.05) is 6.54 Å². The smallest absolute Gasteiger partial charge is 0.163 e. The fourth-order valence-corrected chi connectivity index (χ4v) is 2.34. The van der Waals surface area contributed by atoms with Crippen LogP contribution >= 0.6 is 0 Å². The highest BCUT2D eigenvalue weighted by atomic mass is 16.5. The minimum atomic E-state index is 0.433. The fraction of sp³-hybridized carbons (Fsp3) is 0.562. The monoisotopic (exact) mass is 291 g/mol. The molecule has 0 unspecified atom stereocenters. The predicted octanol–water partition coefficient (Wildman–Crippen LogP) is 3.02. The van der Waals surface area contributed by atoms with E-state index in [1.807, 2.05) is 32.5 Å². The Morgan fingerprint density at radius 1 is 1.33 bits per heavy atom. The lowest BCUT2D eigenvalue weighted by atomic mass is 10.2. The van der Waals surface area contributed by atoms with Gasteiger partial charge >= 0.3 is 0 Å². The van der Waals surface area contributed by atoms with E-state index in [9.17, 15) is 0 Å². The molecule has 0 saturated heterocycles. The zero-order valence-corrected chi connectivity index (χ0v) is 13.6. The lowest BCUT2D eigenvalue weighted by Gasteiger charge is -2.04. The number of nitrogens with one attached hydrogen (secondary N) is 1. The molecule has 2 aromatic rings. The molecule has 1 N–H and O–H groups in total. The van der Waals surface area contributed by atoms with Crippen LogP contribution in [-0.2, 0) is 20.2 Å². The number of hydrogen-bond acceptors (Lipinski definition) is 4. The van der Waals surface area contributed by atoms with E-state index in [-0.39, 0.29) is 0 Å². The first-order chi connectivity index (χ1) is 10.0. The van der Waals surface area contributed by atoms with E-state index >= 15 is 0 Å². The van der Waals surface area contributed by atoms with Gasteiger partial charge in [-0.2, -0.15) is 5.10 Å². The maximum Gasteiger partial charge on any atom is 0.163 e. The summed E-state index contributed by atoms with van der Waals surface area (Å²) in [4.78, 5) is 0. The number of furan rings is 1. The summed E-state index contributed by atoms with van der Waals surface area (Å²) in [5.74, 6) is 2.65. The van der Waals surface area contributed by atoms with E-state index < -0.39 is 0 Å². The normalized spacial score (nSPS) is 11.1. The third kappa shape index (κ3) is 3.67. The molecule has 2 rings (SSSR count). The summed E-state index contributed by atoms with van der Waals surface area (Å²) in [6.45, 7) is 10.4. The standard InChI is InChI=1S/C16H25N3O2/c1-6-7-17-9-14-8-15(21-13(14)4)10-20-16-11(2)18-19(5)12(16)3/h8,17H,6-7,9-10H2,1-5H3. The van der Waals surface area contributed by atoms with Gasteiger partial charge in [0, 0.05) is 19.2 Å². The number of aromatic nitrogens is 2. The van der Waals surface area contributed by atoms with Crippen molar-refractivity contribution in [3.63, 3.8) is 0 Å². The fourth-order valence-electron chi connectivity index (χ4n) is 2.34. The Kier molecular flexibility index (Phi) is 5.07. The van der Waals surface area contributed by atoms with Gasteiger partial charge in [0.25, 0.3) is 0 Å². The second-order valence-electron chi connectivity index (χ2n) is 5.38. The van der Waals surface area contributed by atoms with Gasteiger partial charge in [0.05, 0.1) is 5.69 Å². The zero-order chi connectivity index (χ0) is 15.4. The molecular formula is C16H25N3O2. The van der Waals surface area contributed by atoms with Crippen LogP contribution < -0.4 is 10.1 Å².